The van der Waals surface area contributed by atoms with E-state index in [1.165, 1.54) is 19.3 Å². The maximum atomic E-state index is 12.2. The van der Waals surface area contributed by atoms with Crippen molar-refractivity contribution in [1.82, 2.24) is 0 Å². The molecule has 3 rings (SSSR count). The van der Waals surface area contributed by atoms with Crippen LogP contribution in [0.15, 0.2) is 23.3 Å². The molecule has 22 heavy (non-hydrogen) atoms. The van der Waals surface area contributed by atoms with Gasteiger partial charge in [0.2, 0.25) is 5.24 Å². The van der Waals surface area contributed by atoms with E-state index in [-0.39, 0.29) is 16.1 Å². The van der Waals surface area contributed by atoms with Crippen LogP contribution in [-0.4, -0.2) is 5.24 Å². The molecule has 0 amide bonds. The Labute approximate surface area is 140 Å². The first-order valence-corrected chi connectivity index (χ1v) is 9.27. The summed E-state index contributed by atoms with van der Waals surface area (Å²) in [5.41, 5.74) is 3.04. The lowest BCUT2D eigenvalue weighted by molar-refractivity contribution is -0.133. The molecule has 0 spiro atoms. The zero-order chi connectivity index (χ0) is 16.1. The molecule has 2 heteroatoms. The second-order valence-corrected chi connectivity index (χ2v) is 8.85. The third kappa shape index (κ3) is 2.31. The predicted molar refractivity (Wildman–Crippen MR) is 92.8 cm³/mol. The first-order chi connectivity index (χ1) is 10.3. The van der Waals surface area contributed by atoms with Gasteiger partial charge in [-0.25, -0.2) is 0 Å². The highest BCUT2D eigenvalue weighted by Crippen LogP contribution is 2.62. The summed E-state index contributed by atoms with van der Waals surface area (Å²) in [6.45, 7) is 9.13. The molecule has 1 nitrogen and oxygen atoms in total. The largest absolute Gasteiger partial charge is 0.281 e. The van der Waals surface area contributed by atoms with Gasteiger partial charge in [-0.05, 0) is 72.4 Å². The Balaban J connectivity index is 2.00. The maximum absolute atomic E-state index is 12.2. The Morgan fingerprint density at radius 1 is 1.32 bits per heavy atom. The van der Waals surface area contributed by atoms with Crippen molar-refractivity contribution >= 4 is 16.8 Å². The van der Waals surface area contributed by atoms with Crippen LogP contribution in [0.1, 0.15) is 66.2 Å². The first kappa shape index (κ1) is 16.3. The van der Waals surface area contributed by atoms with E-state index in [2.05, 4.69) is 39.8 Å². The lowest BCUT2D eigenvalue weighted by atomic mass is 9.47. The molecule has 122 valence electrons. The highest BCUT2D eigenvalue weighted by molar-refractivity contribution is 6.64. The molecule has 0 aliphatic heterocycles. The molecular formula is C20H29ClO. The van der Waals surface area contributed by atoms with Crippen molar-refractivity contribution in [1.29, 1.82) is 0 Å². The second-order valence-electron chi connectivity index (χ2n) is 8.51. The van der Waals surface area contributed by atoms with Gasteiger partial charge in [0.05, 0.1) is 0 Å². The molecule has 0 aromatic heterocycles. The highest BCUT2D eigenvalue weighted by Gasteiger charge is 2.56. The number of carbonyl (C=O) groups is 1. The zero-order valence-electron chi connectivity index (χ0n) is 14.4. The maximum Gasteiger partial charge on any atom is 0.227 e. The fourth-order valence-electron chi connectivity index (χ4n) is 5.58. The Morgan fingerprint density at radius 3 is 2.68 bits per heavy atom. The molecule has 3 aliphatic rings. The van der Waals surface area contributed by atoms with Crippen LogP contribution in [0.2, 0.25) is 0 Å². The number of rotatable bonds is 2. The Hall–Kier alpha value is -0.560. The van der Waals surface area contributed by atoms with Crippen LogP contribution in [-0.2, 0) is 4.79 Å². The van der Waals surface area contributed by atoms with Gasteiger partial charge in [-0.3, -0.25) is 4.79 Å². The summed E-state index contributed by atoms with van der Waals surface area (Å²) in [6, 6.07) is 0. The molecule has 0 bridgehead atoms. The summed E-state index contributed by atoms with van der Waals surface area (Å²) in [4.78, 5) is 12.2. The summed E-state index contributed by atoms with van der Waals surface area (Å²) in [7, 11) is 0. The molecule has 0 N–H and O–H groups in total. The van der Waals surface area contributed by atoms with E-state index in [0.717, 1.165) is 19.3 Å². The van der Waals surface area contributed by atoms with Gasteiger partial charge in [-0.2, -0.15) is 0 Å². The quantitative estimate of drug-likeness (QED) is 0.580. The van der Waals surface area contributed by atoms with Gasteiger partial charge in [-0.15, -0.1) is 0 Å². The van der Waals surface area contributed by atoms with Crippen LogP contribution < -0.4 is 0 Å². The van der Waals surface area contributed by atoms with Crippen LogP contribution in [0.5, 0.6) is 0 Å². The number of carbonyl (C=O) groups excluding carboxylic acids is 1. The third-order valence-corrected chi connectivity index (χ3v) is 7.46. The fourth-order valence-corrected chi connectivity index (χ4v) is 5.81. The van der Waals surface area contributed by atoms with Gasteiger partial charge in [0.25, 0.3) is 0 Å². The Kier molecular flexibility index (Phi) is 4.08. The fraction of sp³-hybridized carbons (Fsp3) is 0.750. The van der Waals surface area contributed by atoms with Gasteiger partial charge >= 0.3 is 0 Å². The normalized spacial score (nSPS) is 41.4. The molecule has 0 aromatic rings. The van der Waals surface area contributed by atoms with Gasteiger partial charge in [-0.1, -0.05) is 51.8 Å². The minimum atomic E-state index is -0.335. The number of hydrogen-bond acceptors (Lipinski definition) is 1. The highest BCUT2D eigenvalue weighted by atomic mass is 35.5. The van der Waals surface area contributed by atoms with Crippen LogP contribution in [0.25, 0.3) is 0 Å². The molecule has 0 radical (unpaired) electrons. The molecule has 0 aromatic carbocycles. The monoisotopic (exact) mass is 320 g/mol. The van der Waals surface area contributed by atoms with Gasteiger partial charge in [0.15, 0.2) is 0 Å². The van der Waals surface area contributed by atoms with E-state index in [9.17, 15) is 4.79 Å². The standard InChI is InChI=1S/C20H29ClO/c1-13(2)14-6-8-16-15(12-14)7-9-17-19(16,3)10-5-11-20(17,4)18(21)22/h7,12-13,16-17H,5-6,8-11H2,1-4H3/t16-,17+,19+,20+/m0/s1. The van der Waals surface area contributed by atoms with Crippen LogP contribution >= 0.6 is 11.6 Å². The lowest BCUT2D eigenvalue weighted by Gasteiger charge is -2.57. The molecular weight excluding hydrogens is 292 g/mol. The summed E-state index contributed by atoms with van der Waals surface area (Å²) >= 11 is 6.05. The summed E-state index contributed by atoms with van der Waals surface area (Å²) in [5.74, 6) is 1.67. The van der Waals surface area contributed by atoms with Crippen molar-refractivity contribution in [2.45, 2.75) is 66.2 Å². The van der Waals surface area contributed by atoms with Crippen LogP contribution in [0, 0.1) is 28.6 Å². The summed E-state index contributed by atoms with van der Waals surface area (Å²) < 4.78 is 0. The van der Waals surface area contributed by atoms with Gasteiger partial charge in [0.1, 0.15) is 0 Å². The van der Waals surface area contributed by atoms with E-state index in [1.54, 1.807) is 11.1 Å². The van der Waals surface area contributed by atoms with Crippen molar-refractivity contribution in [3.63, 3.8) is 0 Å². The number of fused-ring (bicyclic) bond motifs is 3. The van der Waals surface area contributed by atoms with E-state index >= 15 is 0 Å². The topological polar surface area (TPSA) is 17.1 Å². The van der Waals surface area contributed by atoms with Gasteiger partial charge in [0, 0.05) is 5.41 Å². The predicted octanol–water partition coefficient (Wildman–Crippen LogP) is 5.89. The summed E-state index contributed by atoms with van der Waals surface area (Å²) in [6.07, 6.45) is 11.7. The van der Waals surface area contributed by atoms with E-state index in [1.807, 2.05) is 0 Å². The van der Waals surface area contributed by atoms with Crippen molar-refractivity contribution in [2.24, 2.45) is 28.6 Å². The summed E-state index contributed by atoms with van der Waals surface area (Å²) in [5, 5.41) is -0.116. The second kappa shape index (κ2) is 5.51. The van der Waals surface area contributed by atoms with Crippen molar-refractivity contribution in [2.75, 3.05) is 0 Å². The van der Waals surface area contributed by atoms with Crippen LogP contribution in [0.4, 0.5) is 0 Å². The van der Waals surface area contributed by atoms with Crippen LogP contribution in [0.3, 0.4) is 0 Å². The number of allylic oxidation sites excluding steroid dienone is 4. The minimum Gasteiger partial charge on any atom is -0.281 e. The SMILES string of the molecule is CC(C)C1=CC2=CC[C@@H]3[C@](C)(CCC[C@@]3(C)C(=O)Cl)[C@H]2CC1. The Bertz CT molecular complexity index is 544. The first-order valence-electron chi connectivity index (χ1n) is 8.89. The zero-order valence-corrected chi connectivity index (χ0v) is 15.2. The van der Waals surface area contributed by atoms with E-state index in [0.29, 0.717) is 17.8 Å². The molecule has 1 fully saturated rings. The molecule has 0 saturated heterocycles. The minimum absolute atomic E-state index is 0.116. The lowest BCUT2D eigenvalue weighted by Crippen LogP contribution is -2.52. The van der Waals surface area contributed by atoms with Crippen molar-refractivity contribution in [3.8, 4) is 0 Å². The van der Waals surface area contributed by atoms with E-state index < -0.39 is 0 Å². The molecule has 0 unspecified atom stereocenters. The molecule has 4 atom stereocenters. The van der Waals surface area contributed by atoms with E-state index in [4.69, 9.17) is 11.6 Å². The average Bonchev–Trinajstić information content (AvgIpc) is 2.46. The third-order valence-electron chi connectivity index (χ3n) is 7.03. The number of hydrogen-bond donors (Lipinski definition) is 0. The van der Waals surface area contributed by atoms with Crippen molar-refractivity contribution < 1.29 is 4.79 Å². The molecule has 3 aliphatic carbocycles. The average molecular weight is 321 g/mol. The molecule has 0 heterocycles. The molecule has 1 saturated carbocycles. The van der Waals surface area contributed by atoms with Gasteiger partial charge < -0.3 is 0 Å². The van der Waals surface area contributed by atoms with Crippen molar-refractivity contribution in [3.05, 3.63) is 23.3 Å². The smallest absolute Gasteiger partial charge is 0.227 e. The number of halogens is 1. The Morgan fingerprint density at radius 2 is 2.05 bits per heavy atom.